The summed E-state index contributed by atoms with van der Waals surface area (Å²) >= 11 is 0. The second-order valence-corrected chi connectivity index (χ2v) is 6.48. The lowest BCUT2D eigenvalue weighted by Gasteiger charge is -2.30. The van der Waals surface area contributed by atoms with Crippen molar-refractivity contribution in [3.05, 3.63) is 46.8 Å². The van der Waals surface area contributed by atoms with E-state index in [0.717, 1.165) is 12.1 Å². The standard InChI is InChI=1S/C18H19F2N3O3/c1-10-16(17(24)22-7-3-4-12(9-22)18(25)26)11(2)23(21-10)15-6-5-13(19)8-14(15)20/h5-6,8,12H,3-4,7,9H2,1-2H3,(H,25,26)/t12-/m1/s1. The highest BCUT2D eigenvalue weighted by Crippen LogP contribution is 2.24. The molecular weight excluding hydrogens is 344 g/mol. The number of benzene rings is 1. The average molecular weight is 363 g/mol. The number of nitrogens with zero attached hydrogens (tertiary/aromatic N) is 3. The van der Waals surface area contributed by atoms with Gasteiger partial charge in [0.05, 0.1) is 22.9 Å². The number of rotatable bonds is 3. The highest BCUT2D eigenvalue weighted by atomic mass is 19.1. The van der Waals surface area contributed by atoms with Crippen molar-refractivity contribution in [2.45, 2.75) is 26.7 Å². The van der Waals surface area contributed by atoms with E-state index in [1.165, 1.54) is 15.6 Å². The molecule has 0 aliphatic carbocycles. The van der Waals surface area contributed by atoms with Crippen LogP contribution >= 0.6 is 0 Å². The Hall–Kier alpha value is -2.77. The van der Waals surface area contributed by atoms with Crippen molar-refractivity contribution < 1.29 is 23.5 Å². The molecule has 138 valence electrons. The molecule has 0 spiro atoms. The SMILES string of the molecule is Cc1nn(-c2ccc(F)cc2F)c(C)c1C(=O)N1CCC[C@@H](C(=O)O)C1. The quantitative estimate of drug-likeness (QED) is 0.910. The van der Waals surface area contributed by atoms with Crippen LogP contribution in [0.15, 0.2) is 18.2 Å². The van der Waals surface area contributed by atoms with Crippen LogP contribution in [0.3, 0.4) is 0 Å². The smallest absolute Gasteiger partial charge is 0.308 e. The predicted octanol–water partition coefficient (Wildman–Crippen LogP) is 2.70. The molecular formula is C18H19F2N3O3. The number of aromatic nitrogens is 2. The normalized spacial score (nSPS) is 17.4. The average Bonchev–Trinajstić information content (AvgIpc) is 2.88. The molecule has 1 fully saturated rings. The van der Waals surface area contributed by atoms with Crippen LogP contribution in [0.1, 0.15) is 34.6 Å². The van der Waals surface area contributed by atoms with Gasteiger partial charge in [-0.05, 0) is 38.8 Å². The van der Waals surface area contributed by atoms with Crippen LogP contribution < -0.4 is 0 Å². The first-order valence-electron chi connectivity index (χ1n) is 8.33. The fourth-order valence-corrected chi connectivity index (χ4v) is 3.36. The Morgan fingerprint density at radius 1 is 1.27 bits per heavy atom. The number of aliphatic carboxylic acids is 1. The number of carbonyl (C=O) groups excluding carboxylic acids is 1. The van der Waals surface area contributed by atoms with E-state index in [2.05, 4.69) is 5.10 Å². The Balaban J connectivity index is 1.95. The number of aryl methyl sites for hydroxylation is 1. The van der Waals surface area contributed by atoms with Crippen molar-refractivity contribution in [2.24, 2.45) is 5.92 Å². The van der Waals surface area contributed by atoms with Crippen molar-refractivity contribution in [2.75, 3.05) is 13.1 Å². The lowest BCUT2D eigenvalue weighted by atomic mass is 9.97. The number of halogens is 2. The molecule has 0 saturated carbocycles. The minimum atomic E-state index is -0.917. The van der Waals surface area contributed by atoms with Crippen LogP contribution in [-0.4, -0.2) is 44.8 Å². The summed E-state index contributed by atoms with van der Waals surface area (Å²) < 4.78 is 28.5. The molecule has 3 rings (SSSR count). The lowest BCUT2D eigenvalue weighted by molar-refractivity contribution is -0.143. The molecule has 1 saturated heterocycles. The Labute approximate surface area is 149 Å². The van der Waals surface area contributed by atoms with Gasteiger partial charge in [-0.2, -0.15) is 5.10 Å². The van der Waals surface area contributed by atoms with E-state index in [9.17, 15) is 23.5 Å². The van der Waals surface area contributed by atoms with Gasteiger partial charge in [-0.3, -0.25) is 9.59 Å². The van der Waals surface area contributed by atoms with Crippen molar-refractivity contribution in [3.8, 4) is 5.69 Å². The monoisotopic (exact) mass is 363 g/mol. The molecule has 8 heteroatoms. The molecule has 2 aromatic rings. The predicted molar refractivity (Wildman–Crippen MR) is 89.2 cm³/mol. The van der Waals surface area contributed by atoms with E-state index in [4.69, 9.17) is 0 Å². The molecule has 1 aromatic carbocycles. The molecule has 0 bridgehead atoms. The van der Waals surface area contributed by atoms with Gasteiger partial charge in [0.1, 0.15) is 11.5 Å². The molecule has 1 aliphatic rings. The number of hydrogen-bond acceptors (Lipinski definition) is 3. The van der Waals surface area contributed by atoms with Crippen LogP contribution in [0, 0.1) is 31.4 Å². The molecule has 2 heterocycles. The summed E-state index contributed by atoms with van der Waals surface area (Å²) in [6.07, 6.45) is 1.15. The largest absolute Gasteiger partial charge is 0.481 e. The summed E-state index contributed by atoms with van der Waals surface area (Å²) in [6, 6.07) is 3.15. The zero-order valence-electron chi connectivity index (χ0n) is 14.5. The topological polar surface area (TPSA) is 75.4 Å². The van der Waals surface area contributed by atoms with Crippen molar-refractivity contribution in [1.82, 2.24) is 14.7 Å². The molecule has 1 aliphatic heterocycles. The van der Waals surface area contributed by atoms with Crippen LogP contribution in [0.4, 0.5) is 8.78 Å². The van der Waals surface area contributed by atoms with Crippen LogP contribution in [0.5, 0.6) is 0 Å². The number of hydrogen-bond donors (Lipinski definition) is 1. The Bertz CT molecular complexity index is 879. The maximum absolute atomic E-state index is 14.1. The van der Waals surface area contributed by atoms with E-state index in [-0.39, 0.29) is 18.1 Å². The molecule has 1 amide bonds. The molecule has 26 heavy (non-hydrogen) atoms. The summed E-state index contributed by atoms with van der Waals surface area (Å²) in [7, 11) is 0. The summed E-state index contributed by atoms with van der Waals surface area (Å²) in [5, 5.41) is 13.4. The molecule has 1 atom stereocenters. The fourth-order valence-electron chi connectivity index (χ4n) is 3.36. The number of carbonyl (C=O) groups is 2. The Morgan fingerprint density at radius 3 is 2.65 bits per heavy atom. The third-order valence-corrected chi connectivity index (χ3v) is 4.70. The second-order valence-electron chi connectivity index (χ2n) is 6.48. The maximum atomic E-state index is 14.1. The van der Waals surface area contributed by atoms with Crippen molar-refractivity contribution >= 4 is 11.9 Å². The third kappa shape index (κ3) is 3.18. The van der Waals surface area contributed by atoms with Gasteiger partial charge < -0.3 is 10.0 Å². The van der Waals surface area contributed by atoms with Crippen molar-refractivity contribution in [1.29, 1.82) is 0 Å². The first-order chi connectivity index (χ1) is 12.3. The Kier molecular flexibility index (Phi) is 4.76. The summed E-state index contributed by atoms with van der Waals surface area (Å²) in [5.74, 6) is -3.30. The lowest BCUT2D eigenvalue weighted by Crippen LogP contribution is -2.42. The molecule has 6 nitrogen and oxygen atoms in total. The van der Waals surface area contributed by atoms with E-state index >= 15 is 0 Å². The van der Waals surface area contributed by atoms with Crippen molar-refractivity contribution in [3.63, 3.8) is 0 Å². The first kappa shape index (κ1) is 18.0. The van der Waals surface area contributed by atoms with Gasteiger partial charge in [0, 0.05) is 19.2 Å². The molecule has 0 radical (unpaired) electrons. The van der Waals surface area contributed by atoms with Gasteiger partial charge in [0.2, 0.25) is 0 Å². The number of carboxylic acids is 1. The summed E-state index contributed by atoms with van der Waals surface area (Å²) in [4.78, 5) is 25.6. The van der Waals surface area contributed by atoms with E-state index in [0.29, 0.717) is 36.3 Å². The number of carboxylic acid groups (broad SMARTS) is 1. The number of amides is 1. The van der Waals surface area contributed by atoms with Gasteiger partial charge in [0.25, 0.3) is 5.91 Å². The van der Waals surface area contributed by atoms with Crippen LogP contribution in [-0.2, 0) is 4.79 Å². The zero-order valence-corrected chi connectivity index (χ0v) is 14.5. The fraction of sp³-hybridized carbons (Fsp3) is 0.389. The van der Waals surface area contributed by atoms with Crippen LogP contribution in [0.2, 0.25) is 0 Å². The van der Waals surface area contributed by atoms with Crippen LogP contribution in [0.25, 0.3) is 5.69 Å². The zero-order chi connectivity index (χ0) is 19.0. The maximum Gasteiger partial charge on any atom is 0.308 e. The highest BCUT2D eigenvalue weighted by Gasteiger charge is 2.31. The molecule has 1 aromatic heterocycles. The second kappa shape index (κ2) is 6.86. The minimum Gasteiger partial charge on any atom is -0.481 e. The molecule has 1 N–H and O–H groups in total. The van der Waals surface area contributed by atoms with Gasteiger partial charge >= 0.3 is 5.97 Å². The number of likely N-dealkylation sites (tertiary alicyclic amines) is 1. The van der Waals surface area contributed by atoms with E-state index in [1.54, 1.807) is 13.8 Å². The number of piperidine rings is 1. The van der Waals surface area contributed by atoms with Gasteiger partial charge in [-0.1, -0.05) is 0 Å². The minimum absolute atomic E-state index is 0.0492. The molecule has 0 unspecified atom stereocenters. The summed E-state index contributed by atoms with van der Waals surface area (Å²) in [6.45, 7) is 3.88. The third-order valence-electron chi connectivity index (χ3n) is 4.70. The first-order valence-corrected chi connectivity index (χ1v) is 8.33. The highest BCUT2D eigenvalue weighted by molar-refractivity contribution is 5.97. The van der Waals surface area contributed by atoms with Gasteiger partial charge in [-0.15, -0.1) is 0 Å². The van der Waals surface area contributed by atoms with Gasteiger partial charge in [0.15, 0.2) is 5.82 Å². The Morgan fingerprint density at radius 2 is 2.00 bits per heavy atom. The van der Waals surface area contributed by atoms with E-state index in [1.807, 2.05) is 0 Å². The van der Waals surface area contributed by atoms with Gasteiger partial charge in [-0.25, -0.2) is 13.5 Å². The van der Waals surface area contributed by atoms with E-state index < -0.39 is 23.5 Å². The summed E-state index contributed by atoms with van der Waals surface area (Å²) in [5.41, 5.74) is 1.21.